The molecule has 1 amide bonds. The van der Waals surface area contributed by atoms with Crippen LogP contribution in [0.2, 0.25) is 0 Å². The van der Waals surface area contributed by atoms with Crippen LogP contribution in [0.4, 0.5) is 5.69 Å². The second kappa shape index (κ2) is 9.05. The Labute approximate surface area is 152 Å². The van der Waals surface area contributed by atoms with E-state index in [-0.39, 0.29) is 12.5 Å². The molecule has 26 heavy (non-hydrogen) atoms. The number of methoxy groups -OCH3 is 1. The lowest BCUT2D eigenvalue weighted by Crippen LogP contribution is -2.29. The molecule has 0 bridgehead atoms. The Morgan fingerprint density at radius 1 is 1.27 bits per heavy atom. The van der Waals surface area contributed by atoms with Gasteiger partial charge in [-0.05, 0) is 39.1 Å². The quantitative estimate of drug-likeness (QED) is 0.729. The van der Waals surface area contributed by atoms with E-state index in [9.17, 15) is 9.59 Å². The van der Waals surface area contributed by atoms with E-state index in [4.69, 9.17) is 13.9 Å². The first-order valence-corrected chi connectivity index (χ1v) is 8.32. The van der Waals surface area contributed by atoms with Crippen LogP contribution in [0.15, 0.2) is 34.7 Å². The minimum absolute atomic E-state index is 0.160. The Balaban J connectivity index is 1.94. The summed E-state index contributed by atoms with van der Waals surface area (Å²) < 4.78 is 15.8. The maximum absolute atomic E-state index is 12.3. The Bertz CT molecular complexity index is 769. The smallest absolute Gasteiger partial charge is 0.341 e. The zero-order chi connectivity index (χ0) is 19.1. The van der Waals surface area contributed by atoms with E-state index in [1.54, 1.807) is 31.0 Å². The largest absolute Gasteiger partial charge is 0.492 e. The van der Waals surface area contributed by atoms with E-state index in [1.807, 2.05) is 25.1 Å². The molecule has 1 N–H and O–H groups in total. The van der Waals surface area contributed by atoms with Crippen molar-refractivity contribution in [2.45, 2.75) is 20.4 Å². The Morgan fingerprint density at radius 2 is 2.00 bits per heavy atom. The predicted molar refractivity (Wildman–Crippen MR) is 97.4 cm³/mol. The Morgan fingerprint density at radius 3 is 2.69 bits per heavy atom. The van der Waals surface area contributed by atoms with E-state index < -0.39 is 5.97 Å². The minimum Gasteiger partial charge on any atom is -0.492 e. The second-order valence-corrected chi connectivity index (χ2v) is 5.82. The molecule has 7 nitrogen and oxygen atoms in total. The molecular weight excluding hydrogens is 336 g/mol. The number of esters is 1. The van der Waals surface area contributed by atoms with Crippen molar-refractivity contribution in [3.05, 3.63) is 47.4 Å². The van der Waals surface area contributed by atoms with E-state index in [0.29, 0.717) is 41.7 Å². The number of nitrogens with zero attached hydrogens (tertiary/aromatic N) is 1. The highest BCUT2D eigenvalue weighted by Gasteiger charge is 2.17. The van der Waals surface area contributed by atoms with Gasteiger partial charge in [-0.2, -0.15) is 0 Å². The molecule has 0 unspecified atom stereocenters. The highest BCUT2D eigenvalue weighted by Crippen LogP contribution is 2.23. The number of amides is 1. The number of likely N-dealkylation sites (N-methyl/N-ethyl adjacent to an activating group) is 1. The summed E-state index contributed by atoms with van der Waals surface area (Å²) in [7, 11) is 3.12. The third kappa shape index (κ3) is 5.10. The number of aryl methyl sites for hydroxylation is 1. The monoisotopic (exact) mass is 360 g/mol. The van der Waals surface area contributed by atoms with Crippen molar-refractivity contribution in [3.8, 4) is 5.75 Å². The maximum Gasteiger partial charge on any atom is 0.341 e. The zero-order valence-electron chi connectivity index (χ0n) is 15.5. The molecular formula is C19H24N2O5. The molecule has 0 aliphatic carbocycles. The molecule has 0 aliphatic rings. The van der Waals surface area contributed by atoms with E-state index in [2.05, 4.69) is 5.32 Å². The van der Waals surface area contributed by atoms with Gasteiger partial charge in [-0.25, -0.2) is 4.79 Å². The summed E-state index contributed by atoms with van der Waals surface area (Å²) in [5.41, 5.74) is 1.03. The number of carbonyl (C=O) groups is 2. The second-order valence-electron chi connectivity index (χ2n) is 5.82. The fraction of sp³-hybridized carbons (Fsp3) is 0.368. The van der Waals surface area contributed by atoms with Crippen LogP contribution in [0.3, 0.4) is 0 Å². The molecule has 7 heteroatoms. The van der Waals surface area contributed by atoms with Crippen LogP contribution >= 0.6 is 0 Å². The number of nitrogens with one attached hydrogen (secondary N) is 1. The third-order valence-corrected chi connectivity index (χ3v) is 3.67. The van der Waals surface area contributed by atoms with Crippen LogP contribution in [0.1, 0.15) is 28.8 Å². The van der Waals surface area contributed by atoms with Gasteiger partial charge in [0.1, 0.15) is 22.8 Å². The summed E-state index contributed by atoms with van der Waals surface area (Å²) >= 11 is 0. The van der Waals surface area contributed by atoms with E-state index in [0.717, 1.165) is 0 Å². The number of anilines is 1. The molecule has 0 aliphatic heterocycles. The topological polar surface area (TPSA) is 81.0 Å². The van der Waals surface area contributed by atoms with Crippen molar-refractivity contribution >= 4 is 17.6 Å². The number of rotatable bonds is 8. The van der Waals surface area contributed by atoms with Gasteiger partial charge in [0.2, 0.25) is 5.91 Å². The van der Waals surface area contributed by atoms with Gasteiger partial charge in [-0.1, -0.05) is 12.1 Å². The lowest BCUT2D eigenvalue weighted by Gasteiger charge is -2.16. The molecule has 1 aromatic carbocycles. The van der Waals surface area contributed by atoms with Crippen molar-refractivity contribution in [1.29, 1.82) is 0 Å². The van der Waals surface area contributed by atoms with Crippen LogP contribution < -0.4 is 10.1 Å². The van der Waals surface area contributed by atoms with Gasteiger partial charge < -0.3 is 19.2 Å². The third-order valence-electron chi connectivity index (χ3n) is 3.67. The average molecular weight is 360 g/mol. The number of benzene rings is 1. The van der Waals surface area contributed by atoms with Crippen LogP contribution in [0, 0.1) is 6.92 Å². The van der Waals surface area contributed by atoms with Crippen molar-refractivity contribution in [3.63, 3.8) is 0 Å². The van der Waals surface area contributed by atoms with Crippen molar-refractivity contribution in [2.24, 2.45) is 0 Å². The van der Waals surface area contributed by atoms with Crippen molar-refractivity contribution < 1.29 is 23.5 Å². The number of hydrogen-bond donors (Lipinski definition) is 1. The molecule has 0 saturated carbocycles. The van der Waals surface area contributed by atoms with Gasteiger partial charge >= 0.3 is 5.97 Å². The van der Waals surface area contributed by atoms with E-state index >= 15 is 0 Å². The first kappa shape index (κ1) is 19.5. The fourth-order valence-corrected chi connectivity index (χ4v) is 2.54. The van der Waals surface area contributed by atoms with Crippen molar-refractivity contribution in [1.82, 2.24) is 4.90 Å². The molecule has 140 valence electrons. The summed E-state index contributed by atoms with van der Waals surface area (Å²) in [6, 6.07) is 8.93. The first-order valence-electron chi connectivity index (χ1n) is 8.32. The van der Waals surface area contributed by atoms with Crippen molar-refractivity contribution in [2.75, 3.05) is 32.6 Å². The van der Waals surface area contributed by atoms with Crippen LogP contribution in [-0.4, -0.2) is 44.1 Å². The maximum atomic E-state index is 12.3. The zero-order valence-corrected chi connectivity index (χ0v) is 15.5. The van der Waals surface area contributed by atoms with Crippen LogP contribution in [0.5, 0.6) is 5.75 Å². The number of ether oxygens (including phenoxy) is 2. The van der Waals surface area contributed by atoms with Gasteiger partial charge in [-0.15, -0.1) is 0 Å². The average Bonchev–Trinajstić information content (AvgIpc) is 2.96. The molecule has 0 spiro atoms. The molecule has 0 atom stereocenters. The molecule has 2 aromatic rings. The Kier molecular flexibility index (Phi) is 6.80. The summed E-state index contributed by atoms with van der Waals surface area (Å²) in [5.74, 6) is 1.11. The highest BCUT2D eigenvalue weighted by atomic mass is 16.5. The Hall–Kier alpha value is -2.80. The molecule has 1 aromatic heterocycles. The van der Waals surface area contributed by atoms with Gasteiger partial charge in [0.05, 0.1) is 32.5 Å². The fourth-order valence-electron chi connectivity index (χ4n) is 2.54. The molecule has 0 saturated heterocycles. The number of para-hydroxylation sites is 2. The van der Waals surface area contributed by atoms with Gasteiger partial charge in [-0.3, -0.25) is 9.69 Å². The van der Waals surface area contributed by atoms with Gasteiger partial charge in [0.15, 0.2) is 0 Å². The summed E-state index contributed by atoms with van der Waals surface area (Å²) in [6.45, 7) is 4.66. The molecule has 2 rings (SSSR count). The van der Waals surface area contributed by atoms with Crippen LogP contribution in [-0.2, 0) is 16.1 Å². The minimum atomic E-state index is -0.439. The molecule has 1 heterocycles. The van der Waals surface area contributed by atoms with Gasteiger partial charge in [0.25, 0.3) is 0 Å². The first-order chi connectivity index (χ1) is 12.4. The summed E-state index contributed by atoms with van der Waals surface area (Å²) in [5, 5.41) is 2.85. The number of hydrogen-bond acceptors (Lipinski definition) is 6. The van der Waals surface area contributed by atoms with Gasteiger partial charge in [0, 0.05) is 0 Å². The summed E-state index contributed by atoms with van der Waals surface area (Å²) in [4.78, 5) is 25.7. The highest BCUT2D eigenvalue weighted by molar-refractivity contribution is 5.93. The number of furan rings is 1. The lowest BCUT2D eigenvalue weighted by molar-refractivity contribution is -0.117. The normalized spacial score (nSPS) is 10.7. The standard InChI is InChI=1S/C19H24N2O5/c1-5-25-17-9-7-6-8-16(17)20-18(22)12-21(3)11-14-10-15(13(2)26-14)19(23)24-4/h6-10H,5,11-12H2,1-4H3,(H,20,22). The van der Waals surface area contributed by atoms with E-state index in [1.165, 1.54) is 7.11 Å². The summed E-state index contributed by atoms with van der Waals surface area (Å²) in [6.07, 6.45) is 0. The molecule has 0 radical (unpaired) electrons. The SMILES string of the molecule is CCOc1ccccc1NC(=O)CN(C)Cc1cc(C(=O)OC)c(C)o1. The predicted octanol–water partition coefficient (Wildman–Crippen LogP) is 2.84. The molecule has 0 fully saturated rings. The van der Waals surface area contributed by atoms with Crippen LogP contribution in [0.25, 0.3) is 0 Å². The lowest BCUT2D eigenvalue weighted by atomic mass is 10.2. The number of carbonyl (C=O) groups excluding carboxylic acids is 2.